The van der Waals surface area contributed by atoms with Crippen LogP contribution in [0.3, 0.4) is 0 Å². The second-order valence-corrected chi connectivity index (χ2v) is 13.9. The van der Waals surface area contributed by atoms with Gasteiger partial charge in [-0.3, -0.25) is 24.1 Å². The van der Waals surface area contributed by atoms with Gasteiger partial charge >= 0.3 is 0 Å². The first kappa shape index (κ1) is 31.4. The van der Waals surface area contributed by atoms with Crippen molar-refractivity contribution >= 4 is 58.2 Å². The first-order valence-electron chi connectivity index (χ1n) is 16.1. The summed E-state index contributed by atoms with van der Waals surface area (Å²) < 4.78 is 5.83. The van der Waals surface area contributed by atoms with E-state index in [1.54, 1.807) is 54.6 Å². The van der Waals surface area contributed by atoms with E-state index in [1.807, 2.05) is 36.4 Å². The Morgan fingerprint density at radius 2 is 1.51 bits per heavy atom. The van der Waals surface area contributed by atoms with Crippen LogP contribution >= 0.6 is 23.2 Å². The van der Waals surface area contributed by atoms with Crippen molar-refractivity contribution in [2.45, 2.75) is 24.2 Å². The molecule has 49 heavy (non-hydrogen) atoms. The second-order valence-electron chi connectivity index (χ2n) is 13.0. The zero-order chi connectivity index (χ0) is 34.2. The molecule has 2 aliphatic carbocycles. The van der Waals surface area contributed by atoms with Gasteiger partial charge in [0.05, 0.1) is 41.7 Å². The highest BCUT2D eigenvalue weighted by Gasteiger charge is 2.70. The number of carbonyl (C=O) groups is 4. The number of ether oxygens (including phenoxy) is 1. The third-order valence-electron chi connectivity index (χ3n) is 10.8. The minimum Gasteiger partial charge on any atom is -0.508 e. The van der Waals surface area contributed by atoms with Gasteiger partial charge in [-0.15, -0.1) is 0 Å². The molecule has 8 nitrogen and oxygen atoms in total. The van der Waals surface area contributed by atoms with Gasteiger partial charge in [0, 0.05) is 27.6 Å². The van der Waals surface area contributed by atoms with Crippen molar-refractivity contribution in [2.75, 3.05) is 16.9 Å². The summed E-state index contributed by atoms with van der Waals surface area (Å²) in [5.41, 5.74) is 1.34. The topological polar surface area (TPSA) is 104 Å². The van der Waals surface area contributed by atoms with Gasteiger partial charge in [0.1, 0.15) is 11.5 Å². The summed E-state index contributed by atoms with van der Waals surface area (Å²) in [6.07, 6.45) is 2.42. The number of carbonyl (C=O) groups excluding carboxylic acids is 4. The van der Waals surface area contributed by atoms with Gasteiger partial charge in [-0.05, 0) is 72.9 Å². The van der Waals surface area contributed by atoms with Crippen LogP contribution in [0.25, 0.3) is 0 Å². The second kappa shape index (κ2) is 11.6. The zero-order valence-electron chi connectivity index (χ0n) is 26.3. The predicted molar refractivity (Wildman–Crippen MR) is 185 cm³/mol. The highest BCUT2D eigenvalue weighted by molar-refractivity contribution is 6.32. The van der Waals surface area contributed by atoms with Crippen LogP contribution in [0.2, 0.25) is 10.0 Å². The standard InChI is InChI=1S/C39H30Cl2N2O6/c1-49-32-19-26(44)14-15-28(32)34-27-16-17-29-33(37(47)42(35(29)45)24-12-10-22(40)11-13-24)30(27)20-31-36(46)43(25-9-5-8-23(41)18-25)38(48)39(31,34)21-6-3-2-4-7-21/h2-16,18-19,29-31,33-34,44H,17,20H2,1H3/t29-,30+,31-,33-,34+,39+/m0/s1. The summed E-state index contributed by atoms with van der Waals surface area (Å²) in [7, 11) is 1.49. The third kappa shape index (κ3) is 4.50. The first-order valence-corrected chi connectivity index (χ1v) is 16.8. The van der Waals surface area contributed by atoms with E-state index in [0.717, 1.165) is 5.57 Å². The highest BCUT2D eigenvalue weighted by atomic mass is 35.5. The van der Waals surface area contributed by atoms with E-state index in [1.165, 1.54) is 29.0 Å². The number of phenols is 1. The number of aromatic hydroxyl groups is 1. The summed E-state index contributed by atoms with van der Waals surface area (Å²) in [5.74, 6) is -4.83. The molecule has 2 heterocycles. The average molecular weight is 694 g/mol. The number of benzene rings is 4. The van der Waals surface area contributed by atoms with E-state index in [9.17, 15) is 19.5 Å². The maximum absolute atomic E-state index is 15.3. The normalized spacial score (nSPS) is 27.5. The van der Waals surface area contributed by atoms with Gasteiger partial charge in [-0.25, -0.2) is 4.90 Å². The van der Waals surface area contributed by atoms with Gasteiger partial charge in [0.15, 0.2) is 0 Å². The van der Waals surface area contributed by atoms with Crippen molar-refractivity contribution in [1.82, 2.24) is 0 Å². The van der Waals surface area contributed by atoms with Crippen LogP contribution in [0, 0.1) is 23.7 Å². The lowest BCUT2D eigenvalue weighted by Crippen LogP contribution is -2.53. The molecule has 0 radical (unpaired) electrons. The van der Waals surface area contributed by atoms with Gasteiger partial charge in [-0.2, -0.15) is 0 Å². The zero-order valence-corrected chi connectivity index (χ0v) is 27.8. The van der Waals surface area contributed by atoms with Crippen molar-refractivity contribution in [3.63, 3.8) is 0 Å². The van der Waals surface area contributed by atoms with Crippen molar-refractivity contribution in [2.24, 2.45) is 23.7 Å². The minimum atomic E-state index is -1.46. The number of hydrogen-bond donors (Lipinski definition) is 1. The van der Waals surface area contributed by atoms with E-state index < -0.39 is 46.8 Å². The lowest BCUT2D eigenvalue weighted by atomic mass is 9.49. The van der Waals surface area contributed by atoms with Gasteiger partial charge in [-0.1, -0.05) is 77.3 Å². The molecule has 6 atom stereocenters. The Balaban J connectivity index is 1.37. The molecular formula is C39H30Cl2N2O6. The summed E-state index contributed by atoms with van der Waals surface area (Å²) in [6.45, 7) is 0. The Labute approximate surface area is 292 Å². The van der Waals surface area contributed by atoms with Gasteiger partial charge in [0.2, 0.25) is 23.6 Å². The number of fused-ring (bicyclic) bond motifs is 4. The fraction of sp³-hybridized carbons (Fsp3) is 0.231. The molecule has 10 heteroatoms. The van der Waals surface area contributed by atoms with Gasteiger partial charge in [0.25, 0.3) is 0 Å². The summed E-state index contributed by atoms with van der Waals surface area (Å²) in [4.78, 5) is 61.0. The van der Waals surface area contributed by atoms with Crippen molar-refractivity contribution in [3.05, 3.63) is 130 Å². The Morgan fingerprint density at radius 1 is 0.755 bits per heavy atom. The molecule has 2 aliphatic heterocycles. The molecule has 246 valence electrons. The number of phenolic OH excluding ortho intramolecular Hbond substituents is 1. The summed E-state index contributed by atoms with van der Waals surface area (Å²) >= 11 is 12.5. The Bertz CT molecular complexity index is 2080. The molecule has 0 spiro atoms. The van der Waals surface area contributed by atoms with Gasteiger partial charge < -0.3 is 9.84 Å². The summed E-state index contributed by atoms with van der Waals surface area (Å²) in [6, 6.07) is 27.2. The minimum absolute atomic E-state index is 0.0273. The molecule has 2 saturated heterocycles. The third-order valence-corrected chi connectivity index (χ3v) is 11.3. The number of halogens is 2. The SMILES string of the molecule is COc1cc(O)ccc1[C@H]1C2=CC[C@@H]3C(=O)N(c4ccc(Cl)cc4)C(=O)[C@@H]3[C@@H]2C[C@H]2C(=O)N(c3cccc(Cl)c3)C(=O)[C@@]12c1ccccc1. The first-order chi connectivity index (χ1) is 23.7. The van der Waals surface area contributed by atoms with Crippen LogP contribution in [0.15, 0.2) is 109 Å². The molecule has 4 amide bonds. The van der Waals surface area contributed by atoms with E-state index in [-0.39, 0.29) is 30.4 Å². The molecule has 3 fully saturated rings. The Hall–Kier alpha value is -4.92. The van der Waals surface area contributed by atoms with E-state index >= 15 is 4.79 Å². The average Bonchev–Trinajstić information content (AvgIpc) is 3.50. The molecule has 8 rings (SSSR count). The van der Waals surface area contributed by atoms with Crippen LogP contribution < -0.4 is 14.5 Å². The maximum Gasteiger partial charge on any atom is 0.246 e. The molecule has 4 aromatic carbocycles. The number of amides is 4. The maximum atomic E-state index is 15.3. The Kier molecular flexibility index (Phi) is 7.42. The lowest BCUT2D eigenvalue weighted by molar-refractivity contribution is -0.127. The molecule has 0 bridgehead atoms. The van der Waals surface area contributed by atoms with Crippen LogP contribution in [0.1, 0.15) is 29.9 Å². The molecule has 4 aliphatic rings. The van der Waals surface area contributed by atoms with Crippen LogP contribution in [0.4, 0.5) is 11.4 Å². The van der Waals surface area contributed by atoms with Crippen molar-refractivity contribution in [3.8, 4) is 11.5 Å². The molecule has 4 aromatic rings. The van der Waals surface area contributed by atoms with E-state index in [2.05, 4.69) is 0 Å². The number of imide groups is 2. The van der Waals surface area contributed by atoms with Crippen molar-refractivity contribution < 1.29 is 29.0 Å². The number of rotatable bonds is 5. The summed E-state index contributed by atoms with van der Waals surface area (Å²) in [5, 5.41) is 11.3. The smallest absolute Gasteiger partial charge is 0.246 e. The highest BCUT2D eigenvalue weighted by Crippen LogP contribution is 2.65. The quantitative estimate of drug-likeness (QED) is 0.177. The fourth-order valence-electron chi connectivity index (χ4n) is 8.87. The lowest BCUT2D eigenvalue weighted by Gasteiger charge is -2.51. The fourth-order valence-corrected chi connectivity index (χ4v) is 9.18. The number of allylic oxidation sites excluding steroid dienone is 2. The van der Waals surface area contributed by atoms with E-state index in [0.29, 0.717) is 38.3 Å². The van der Waals surface area contributed by atoms with Crippen molar-refractivity contribution in [1.29, 1.82) is 0 Å². The monoisotopic (exact) mass is 692 g/mol. The molecule has 1 saturated carbocycles. The predicted octanol–water partition coefficient (Wildman–Crippen LogP) is 7.07. The van der Waals surface area contributed by atoms with Crippen LogP contribution in [0.5, 0.6) is 11.5 Å². The molecular weight excluding hydrogens is 663 g/mol. The number of hydrogen-bond acceptors (Lipinski definition) is 6. The number of anilines is 2. The van der Waals surface area contributed by atoms with Crippen LogP contribution in [-0.2, 0) is 24.6 Å². The molecule has 0 unspecified atom stereocenters. The van der Waals surface area contributed by atoms with Crippen LogP contribution in [-0.4, -0.2) is 35.8 Å². The Morgan fingerprint density at radius 3 is 2.22 bits per heavy atom. The van der Waals surface area contributed by atoms with E-state index in [4.69, 9.17) is 27.9 Å². The molecule has 0 aromatic heterocycles. The number of nitrogens with zero attached hydrogens (tertiary/aromatic N) is 2. The number of methoxy groups -OCH3 is 1. The largest absolute Gasteiger partial charge is 0.508 e. The molecule has 1 N–H and O–H groups in total.